The van der Waals surface area contributed by atoms with Gasteiger partial charge in [-0.25, -0.2) is 0 Å². The Hall–Kier alpha value is -1.32. The molecule has 190 valence electrons. The van der Waals surface area contributed by atoms with Crippen molar-refractivity contribution in [3.63, 3.8) is 0 Å². The number of aliphatic hydroxyl groups is 1. The lowest BCUT2D eigenvalue weighted by molar-refractivity contribution is -0.147. The molecule has 3 aliphatic heterocycles. The maximum Gasteiger partial charge on any atom is 0.247 e. The number of halogens is 1. The van der Waals surface area contributed by atoms with E-state index >= 15 is 0 Å². The molecule has 3 amide bonds. The third kappa shape index (κ3) is 4.26. The fourth-order valence-electron chi connectivity index (χ4n) is 5.97. The largest absolute Gasteiger partial charge is 0.394 e. The molecule has 3 fully saturated rings. The Morgan fingerprint density at radius 2 is 1.91 bits per heavy atom. The second kappa shape index (κ2) is 10.7. The van der Waals surface area contributed by atoms with Gasteiger partial charge in [0.15, 0.2) is 0 Å². The third-order valence-corrected chi connectivity index (χ3v) is 10.6. The Balaban J connectivity index is 2.10. The SMILES string of the molecule is C=CCN(CCC)C(=O)[C@H]1[C@H]2C(=O)N([C@H](C)CO)C(C(=O)N(CC=C)C(C)C)C23CC(Br)[C@@H]1S3. The highest BCUT2D eigenvalue weighted by molar-refractivity contribution is 9.09. The highest BCUT2D eigenvalue weighted by Gasteiger charge is 2.76. The summed E-state index contributed by atoms with van der Waals surface area (Å²) in [6.07, 6.45) is 4.85. The molecule has 1 N–H and O–H groups in total. The number of alkyl halides is 1. The molecule has 34 heavy (non-hydrogen) atoms. The van der Waals surface area contributed by atoms with E-state index in [2.05, 4.69) is 29.1 Å². The Bertz CT molecular complexity index is 839. The van der Waals surface area contributed by atoms with Crippen LogP contribution >= 0.6 is 27.7 Å². The maximum atomic E-state index is 14.1. The summed E-state index contributed by atoms with van der Waals surface area (Å²) >= 11 is 5.43. The number of rotatable bonds is 11. The summed E-state index contributed by atoms with van der Waals surface area (Å²) in [5, 5.41) is 9.93. The van der Waals surface area contributed by atoms with Gasteiger partial charge in [-0.2, -0.15) is 0 Å². The quantitative estimate of drug-likeness (QED) is 0.313. The zero-order valence-electron chi connectivity index (χ0n) is 20.7. The maximum absolute atomic E-state index is 14.1. The van der Waals surface area contributed by atoms with Gasteiger partial charge in [-0.05, 0) is 33.6 Å². The van der Waals surface area contributed by atoms with Gasteiger partial charge in [0.25, 0.3) is 0 Å². The minimum absolute atomic E-state index is 0.0225. The molecule has 9 heteroatoms. The Labute approximate surface area is 216 Å². The van der Waals surface area contributed by atoms with E-state index in [4.69, 9.17) is 0 Å². The van der Waals surface area contributed by atoms with E-state index in [1.165, 1.54) is 0 Å². The van der Waals surface area contributed by atoms with Crippen molar-refractivity contribution in [3.05, 3.63) is 25.3 Å². The monoisotopic (exact) mass is 555 g/mol. The average molecular weight is 557 g/mol. The number of aliphatic hydroxyl groups excluding tert-OH is 1. The van der Waals surface area contributed by atoms with E-state index in [-0.39, 0.29) is 40.4 Å². The topological polar surface area (TPSA) is 81.2 Å². The van der Waals surface area contributed by atoms with Crippen molar-refractivity contribution < 1.29 is 19.5 Å². The number of hydrogen-bond acceptors (Lipinski definition) is 5. The molecule has 3 unspecified atom stereocenters. The Morgan fingerprint density at radius 3 is 2.44 bits per heavy atom. The molecule has 0 aromatic carbocycles. The smallest absolute Gasteiger partial charge is 0.247 e. The molecule has 0 saturated carbocycles. The first kappa shape index (κ1) is 27.3. The van der Waals surface area contributed by atoms with Crippen LogP contribution in [0.3, 0.4) is 0 Å². The van der Waals surface area contributed by atoms with Crippen LogP contribution in [0.5, 0.6) is 0 Å². The predicted octanol–water partition coefficient (Wildman–Crippen LogP) is 2.68. The molecular formula is C25H38BrN3O4S. The number of amides is 3. The number of thioether (sulfide) groups is 1. The van der Waals surface area contributed by atoms with Gasteiger partial charge < -0.3 is 19.8 Å². The van der Waals surface area contributed by atoms with E-state index in [9.17, 15) is 19.5 Å². The second-order valence-corrected chi connectivity index (χ2v) is 12.6. The standard InChI is InChI=1S/C25H38BrN3O4S/c1-7-10-27(11-8-2)22(31)18-19-23(32)29(16(6)14-30)21(24(33)28(12-9-3)15(4)5)25(19)13-17(26)20(18)34-25/h7,9,15-21,30H,1,3,8,10-14H2,2,4-6H3/t16-,17?,18+,19+,20+,21?,25?/m1/s1. The van der Waals surface area contributed by atoms with Gasteiger partial charge in [-0.1, -0.05) is 35.0 Å². The van der Waals surface area contributed by atoms with E-state index in [0.717, 1.165) is 6.42 Å². The molecule has 0 aliphatic carbocycles. The fraction of sp³-hybridized carbons (Fsp3) is 0.720. The Morgan fingerprint density at radius 1 is 1.26 bits per heavy atom. The van der Waals surface area contributed by atoms with Crippen LogP contribution < -0.4 is 0 Å². The van der Waals surface area contributed by atoms with Crippen LogP contribution in [-0.4, -0.2) is 96.7 Å². The number of hydrogen-bond donors (Lipinski definition) is 1. The van der Waals surface area contributed by atoms with Crippen molar-refractivity contribution in [2.45, 2.75) is 73.5 Å². The summed E-state index contributed by atoms with van der Waals surface area (Å²) in [5.41, 5.74) is 0. The lowest BCUT2D eigenvalue weighted by Gasteiger charge is -2.40. The van der Waals surface area contributed by atoms with Gasteiger partial charge in [-0.3, -0.25) is 14.4 Å². The van der Waals surface area contributed by atoms with E-state index in [0.29, 0.717) is 26.1 Å². The second-order valence-electron chi connectivity index (χ2n) is 9.89. The van der Waals surface area contributed by atoms with Crippen LogP contribution in [0.15, 0.2) is 25.3 Å². The molecule has 3 aliphatic rings. The third-order valence-electron chi connectivity index (χ3n) is 7.37. The van der Waals surface area contributed by atoms with Crippen LogP contribution in [0.25, 0.3) is 0 Å². The van der Waals surface area contributed by atoms with Crippen molar-refractivity contribution in [1.29, 1.82) is 0 Å². The highest BCUT2D eigenvalue weighted by atomic mass is 79.9. The van der Waals surface area contributed by atoms with Gasteiger partial charge in [0, 0.05) is 35.8 Å². The molecule has 0 aromatic rings. The molecule has 0 aromatic heterocycles. The van der Waals surface area contributed by atoms with Crippen molar-refractivity contribution in [2.75, 3.05) is 26.2 Å². The number of nitrogens with zero attached hydrogens (tertiary/aromatic N) is 3. The van der Waals surface area contributed by atoms with Gasteiger partial charge in [0.1, 0.15) is 6.04 Å². The van der Waals surface area contributed by atoms with Crippen LogP contribution in [0, 0.1) is 11.8 Å². The molecule has 2 bridgehead atoms. The first-order valence-corrected chi connectivity index (χ1v) is 14.0. The van der Waals surface area contributed by atoms with Crippen molar-refractivity contribution in [3.8, 4) is 0 Å². The first-order chi connectivity index (χ1) is 16.1. The number of fused-ring (bicyclic) bond motifs is 1. The van der Waals surface area contributed by atoms with Gasteiger partial charge in [0.05, 0.1) is 29.2 Å². The van der Waals surface area contributed by atoms with Gasteiger partial charge >= 0.3 is 0 Å². The van der Waals surface area contributed by atoms with E-state index in [1.807, 2.05) is 20.8 Å². The summed E-state index contributed by atoms with van der Waals surface area (Å²) in [6, 6.07) is -1.33. The fourth-order valence-corrected chi connectivity index (χ4v) is 9.56. The van der Waals surface area contributed by atoms with Crippen molar-refractivity contribution in [1.82, 2.24) is 14.7 Å². The molecule has 1 spiro atoms. The average Bonchev–Trinajstić information content (AvgIpc) is 3.39. The number of likely N-dealkylation sites (tertiary alicyclic amines) is 1. The van der Waals surface area contributed by atoms with Crippen molar-refractivity contribution in [2.24, 2.45) is 11.8 Å². The molecule has 3 rings (SSSR count). The van der Waals surface area contributed by atoms with Crippen LogP contribution in [-0.2, 0) is 14.4 Å². The normalized spacial score (nSPS) is 32.6. The first-order valence-electron chi connectivity index (χ1n) is 12.2. The molecule has 7 atom stereocenters. The molecule has 0 radical (unpaired) electrons. The predicted molar refractivity (Wildman–Crippen MR) is 140 cm³/mol. The highest BCUT2D eigenvalue weighted by Crippen LogP contribution is 2.68. The van der Waals surface area contributed by atoms with Crippen LogP contribution in [0.4, 0.5) is 0 Å². The van der Waals surface area contributed by atoms with Gasteiger partial charge in [0.2, 0.25) is 17.7 Å². The van der Waals surface area contributed by atoms with E-state index < -0.39 is 28.7 Å². The van der Waals surface area contributed by atoms with Crippen LogP contribution in [0.1, 0.15) is 40.5 Å². The lowest BCUT2D eigenvalue weighted by atomic mass is 9.70. The van der Waals surface area contributed by atoms with E-state index in [1.54, 1.807) is 45.5 Å². The summed E-state index contributed by atoms with van der Waals surface area (Å²) < 4.78 is -0.711. The summed E-state index contributed by atoms with van der Waals surface area (Å²) in [7, 11) is 0. The summed E-state index contributed by atoms with van der Waals surface area (Å²) in [4.78, 5) is 47.0. The molecular weight excluding hydrogens is 518 g/mol. The Kier molecular flexibility index (Phi) is 8.62. The molecule has 3 saturated heterocycles. The lowest BCUT2D eigenvalue weighted by Crippen LogP contribution is -2.58. The number of carbonyl (C=O) groups excluding carboxylic acids is 3. The zero-order valence-corrected chi connectivity index (χ0v) is 23.1. The van der Waals surface area contributed by atoms with Crippen LogP contribution in [0.2, 0.25) is 0 Å². The summed E-state index contributed by atoms with van der Waals surface area (Å²) in [5.74, 6) is -1.47. The number of carbonyl (C=O) groups is 3. The minimum atomic E-state index is -0.735. The zero-order chi connectivity index (χ0) is 25.4. The molecule has 3 heterocycles. The molecule has 7 nitrogen and oxygen atoms in total. The van der Waals surface area contributed by atoms with Gasteiger partial charge in [-0.15, -0.1) is 24.9 Å². The van der Waals surface area contributed by atoms with Crippen molar-refractivity contribution >= 4 is 45.4 Å². The summed E-state index contributed by atoms with van der Waals surface area (Å²) in [6.45, 7) is 16.5. The minimum Gasteiger partial charge on any atom is -0.394 e.